The molecule has 0 bridgehead atoms. The van der Waals surface area contributed by atoms with Crippen LogP contribution in [0, 0.1) is 0 Å². The molecular formula is C20H17NO5. The largest absolute Gasteiger partial charge is 0.457 e. The maximum absolute atomic E-state index is 12.4. The topological polar surface area (TPSA) is 73.9 Å². The maximum atomic E-state index is 12.4. The number of nitrogens with one attached hydrogen (secondary N) is 1. The van der Waals surface area contributed by atoms with E-state index in [2.05, 4.69) is 11.9 Å². The van der Waals surface area contributed by atoms with Gasteiger partial charge in [-0.05, 0) is 35.9 Å². The van der Waals surface area contributed by atoms with Crippen LogP contribution in [0.5, 0.6) is 11.5 Å². The molecule has 0 atom stereocenters. The van der Waals surface area contributed by atoms with E-state index < -0.39 is 11.9 Å². The predicted molar refractivity (Wildman–Crippen MR) is 95.6 cm³/mol. The quantitative estimate of drug-likeness (QED) is 0.492. The SMILES string of the molecule is C=CCOC(=O)/C(=C\c1ccc2c(c1)OCO2)NC(=O)c1ccccc1. The molecule has 1 heterocycles. The monoisotopic (exact) mass is 351 g/mol. The third-order valence-corrected chi connectivity index (χ3v) is 3.54. The smallest absolute Gasteiger partial charge is 0.355 e. The standard InChI is InChI=1S/C20H17NO5/c1-2-10-24-20(23)16(21-19(22)15-6-4-3-5-7-15)11-14-8-9-17-18(12-14)26-13-25-17/h2-9,11-12H,1,10,13H2,(H,21,22)/b16-11+. The molecule has 0 unspecified atom stereocenters. The van der Waals surface area contributed by atoms with Gasteiger partial charge in [0.15, 0.2) is 11.5 Å². The minimum Gasteiger partial charge on any atom is -0.457 e. The number of carbonyl (C=O) groups excluding carboxylic acids is 2. The fourth-order valence-corrected chi connectivity index (χ4v) is 2.31. The fourth-order valence-electron chi connectivity index (χ4n) is 2.31. The summed E-state index contributed by atoms with van der Waals surface area (Å²) in [6.45, 7) is 3.70. The van der Waals surface area contributed by atoms with Gasteiger partial charge < -0.3 is 19.5 Å². The average molecular weight is 351 g/mol. The Balaban J connectivity index is 1.86. The van der Waals surface area contributed by atoms with Gasteiger partial charge in [-0.25, -0.2) is 4.79 Å². The molecule has 2 aromatic carbocycles. The summed E-state index contributed by atoms with van der Waals surface area (Å²) in [5, 5.41) is 2.60. The zero-order valence-corrected chi connectivity index (χ0v) is 13.9. The number of hydrogen-bond acceptors (Lipinski definition) is 5. The lowest BCUT2D eigenvalue weighted by Gasteiger charge is -2.10. The zero-order valence-electron chi connectivity index (χ0n) is 13.9. The first kappa shape index (κ1) is 17.3. The lowest BCUT2D eigenvalue weighted by molar-refractivity contribution is -0.138. The summed E-state index contributed by atoms with van der Waals surface area (Å²) < 4.78 is 15.7. The van der Waals surface area contributed by atoms with Crippen molar-refractivity contribution in [2.45, 2.75) is 0 Å². The maximum Gasteiger partial charge on any atom is 0.355 e. The van der Waals surface area contributed by atoms with Gasteiger partial charge in [0, 0.05) is 5.56 Å². The molecule has 1 aliphatic heterocycles. The van der Waals surface area contributed by atoms with Crippen LogP contribution in [0.2, 0.25) is 0 Å². The summed E-state index contributed by atoms with van der Waals surface area (Å²) in [5.41, 5.74) is 1.10. The molecule has 0 saturated carbocycles. The first-order valence-electron chi connectivity index (χ1n) is 7.93. The van der Waals surface area contributed by atoms with Crippen LogP contribution in [0.15, 0.2) is 66.9 Å². The van der Waals surface area contributed by atoms with Crippen molar-refractivity contribution in [3.8, 4) is 11.5 Å². The number of benzene rings is 2. The normalized spacial score (nSPS) is 12.4. The molecule has 0 spiro atoms. The van der Waals surface area contributed by atoms with Crippen molar-refractivity contribution >= 4 is 18.0 Å². The lowest BCUT2D eigenvalue weighted by Crippen LogP contribution is -2.28. The minimum absolute atomic E-state index is 0.0135. The minimum atomic E-state index is -0.660. The van der Waals surface area contributed by atoms with E-state index in [1.165, 1.54) is 12.2 Å². The Morgan fingerprint density at radius 1 is 1.12 bits per heavy atom. The van der Waals surface area contributed by atoms with Gasteiger partial charge in [-0.1, -0.05) is 36.9 Å². The predicted octanol–water partition coefficient (Wildman–Crippen LogP) is 2.92. The van der Waals surface area contributed by atoms with Crippen LogP contribution in [-0.2, 0) is 9.53 Å². The molecule has 26 heavy (non-hydrogen) atoms. The highest BCUT2D eigenvalue weighted by Crippen LogP contribution is 2.33. The number of amides is 1. The summed E-state index contributed by atoms with van der Waals surface area (Å²) in [6, 6.07) is 13.8. The summed E-state index contributed by atoms with van der Waals surface area (Å²) in [4.78, 5) is 24.7. The van der Waals surface area contributed by atoms with Crippen LogP contribution in [0.4, 0.5) is 0 Å². The van der Waals surface area contributed by atoms with Gasteiger partial charge in [0.2, 0.25) is 6.79 Å². The van der Waals surface area contributed by atoms with Crippen LogP contribution in [-0.4, -0.2) is 25.3 Å². The molecule has 3 rings (SSSR count). The van der Waals surface area contributed by atoms with Crippen LogP contribution in [0.1, 0.15) is 15.9 Å². The molecule has 0 fully saturated rings. The van der Waals surface area contributed by atoms with Crippen LogP contribution in [0.3, 0.4) is 0 Å². The molecule has 6 heteroatoms. The number of fused-ring (bicyclic) bond motifs is 1. The third kappa shape index (κ3) is 4.10. The van der Waals surface area contributed by atoms with Gasteiger partial charge >= 0.3 is 5.97 Å². The van der Waals surface area contributed by atoms with Crippen molar-refractivity contribution in [2.24, 2.45) is 0 Å². The number of rotatable bonds is 6. The van der Waals surface area contributed by atoms with Crippen molar-refractivity contribution in [1.29, 1.82) is 0 Å². The Morgan fingerprint density at radius 2 is 1.88 bits per heavy atom. The van der Waals surface area contributed by atoms with Crippen LogP contribution >= 0.6 is 0 Å². The van der Waals surface area contributed by atoms with E-state index in [0.717, 1.165) is 0 Å². The van der Waals surface area contributed by atoms with Crippen molar-refractivity contribution in [3.63, 3.8) is 0 Å². The second kappa shape index (κ2) is 8.02. The second-order valence-electron chi connectivity index (χ2n) is 5.38. The molecule has 2 aromatic rings. The second-order valence-corrected chi connectivity index (χ2v) is 5.38. The highest BCUT2D eigenvalue weighted by atomic mass is 16.7. The van der Waals surface area contributed by atoms with E-state index in [4.69, 9.17) is 14.2 Å². The van der Waals surface area contributed by atoms with Crippen LogP contribution < -0.4 is 14.8 Å². The van der Waals surface area contributed by atoms with Crippen molar-refractivity contribution < 1.29 is 23.8 Å². The molecule has 0 aromatic heterocycles. The number of esters is 1. The highest BCUT2D eigenvalue weighted by Gasteiger charge is 2.17. The molecule has 0 radical (unpaired) electrons. The van der Waals surface area contributed by atoms with Gasteiger partial charge in [0.05, 0.1) is 0 Å². The van der Waals surface area contributed by atoms with Gasteiger partial charge in [0.25, 0.3) is 5.91 Å². The summed E-state index contributed by atoms with van der Waals surface area (Å²) in [5.74, 6) is 0.137. The first-order chi connectivity index (χ1) is 12.7. The highest BCUT2D eigenvalue weighted by molar-refractivity contribution is 6.03. The van der Waals surface area contributed by atoms with Gasteiger partial charge in [-0.3, -0.25) is 4.79 Å². The zero-order chi connectivity index (χ0) is 18.4. The van der Waals surface area contributed by atoms with Crippen molar-refractivity contribution in [2.75, 3.05) is 13.4 Å². The molecule has 1 N–H and O–H groups in total. The molecule has 1 amide bonds. The summed E-state index contributed by atoms with van der Waals surface area (Å²) >= 11 is 0. The first-order valence-corrected chi connectivity index (χ1v) is 7.93. The molecular weight excluding hydrogens is 334 g/mol. The summed E-state index contributed by atoms with van der Waals surface area (Å²) in [6.07, 6.45) is 2.98. The van der Waals surface area contributed by atoms with Crippen LogP contribution in [0.25, 0.3) is 6.08 Å². The fraction of sp³-hybridized carbons (Fsp3) is 0.100. The summed E-state index contributed by atoms with van der Waals surface area (Å²) in [7, 11) is 0. The Kier molecular flexibility index (Phi) is 5.34. The average Bonchev–Trinajstić information content (AvgIpc) is 3.14. The van der Waals surface area contributed by atoms with E-state index >= 15 is 0 Å². The molecule has 0 saturated heterocycles. The van der Waals surface area contributed by atoms with Crippen molar-refractivity contribution in [3.05, 3.63) is 78.0 Å². The van der Waals surface area contributed by atoms with Crippen molar-refractivity contribution in [1.82, 2.24) is 5.32 Å². The van der Waals surface area contributed by atoms with Gasteiger partial charge in [0.1, 0.15) is 12.3 Å². The Hall–Kier alpha value is -3.54. The van der Waals surface area contributed by atoms with E-state index in [0.29, 0.717) is 22.6 Å². The Bertz CT molecular complexity index is 858. The van der Waals surface area contributed by atoms with E-state index in [-0.39, 0.29) is 19.1 Å². The number of carbonyl (C=O) groups is 2. The van der Waals surface area contributed by atoms with E-state index in [1.54, 1.807) is 48.5 Å². The molecule has 1 aliphatic rings. The lowest BCUT2D eigenvalue weighted by atomic mass is 10.1. The third-order valence-electron chi connectivity index (χ3n) is 3.54. The van der Waals surface area contributed by atoms with E-state index in [1.807, 2.05) is 0 Å². The van der Waals surface area contributed by atoms with E-state index in [9.17, 15) is 9.59 Å². The number of ether oxygens (including phenoxy) is 3. The molecule has 0 aliphatic carbocycles. The Morgan fingerprint density at radius 3 is 2.65 bits per heavy atom. The molecule has 6 nitrogen and oxygen atoms in total. The van der Waals surface area contributed by atoms with Gasteiger partial charge in [-0.15, -0.1) is 0 Å². The van der Waals surface area contributed by atoms with Gasteiger partial charge in [-0.2, -0.15) is 0 Å². The number of hydrogen-bond donors (Lipinski definition) is 1. The Labute approximate surface area is 150 Å². The molecule has 132 valence electrons.